The molecule has 3 heterocycles. The van der Waals surface area contributed by atoms with E-state index in [1.807, 2.05) is 22.9 Å². The fourth-order valence-corrected chi connectivity index (χ4v) is 4.13. The number of nitrogens with zero attached hydrogens (tertiary/aromatic N) is 1. The van der Waals surface area contributed by atoms with Crippen molar-refractivity contribution in [1.82, 2.24) is 4.98 Å². The minimum atomic E-state index is -0.0485. The van der Waals surface area contributed by atoms with Crippen LogP contribution in [0, 0.1) is 0 Å². The highest BCUT2D eigenvalue weighted by molar-refractivity contribution is 7.20. The largest absolute Gasteiger partial charge is 0.288 e. The minimum Gasteiger partial charge on any atom is -0.288 e. The second-order valence-corrected chi connectivity index (χ2v) is 7.38. The van der Waals surface area contributed by atoms with Gasteiger partial charge in [0.05, 0.1) is 19.8 Å². The number of hydrogen-bond donors (Lipinski definition) is 0. The Morgan fingerprint density at radius 1 is 1.25 bits per heavy atom. The lowest BCUT2D eigenvalue weighted by atomic mass is 10.3. The van der Waals surface area contributed by atoms with Crippen LogP contribution in [0.25, 0.3) is 16.0 Å². The molecule has 0 saturated heterocycles. The van der Waals surface area contributed by atoms with E-state index in [9.17, 15) is 4.79 Å². The van der Waals surface area contributed by atoms with E-state index in [1.165, 1.54) is 17.4 Å². The van der Waals surface area contributed by atoms with Crippen molar-refractivity contribution in [3.8, 4) is 9.88 Å². The topological polar surface area (TPSA) is 30.0 Å². The predicted octanol–water partition coefficient (Wildman–Crippen LogP) is 5.48. The molecule has 0 aliphatic rings. The summed E-state index contributed by atoms with van der Waals surface area (Å²) in [5, 5.41) is 4.95. The van der Waals surface area contributed by atoms with Gasteiger partial charge in [0.15, 0.2) is 5.78 Å². The third-order valence-corrected chi connectivity index (χ3v) is 5.62. The molecule has 2 nitrogen and oxygen atoms in total. The van der Waals surface area contributed by atoms with Crippen molar-refractivity contribution in [1.29, 1.82) is 0 Å². The van der Waals surface area contributed by atoms with Crippen molar-refractivity contribution in [2.45, 2.75) is 0 Å². The van der Waals surface area contributed by atoms with Crippen molar-refractivity contribution >= 4 is 57.5 Å². The number of halogens is 1. The average Bonchev–Trinajstić information content (AvgIpc) is 3.16. The first-order chi connectivity index (χ1) is 9.72. The van der Waals surface area contributed by atoms with Crippen LogP contribution >= 0.6 is 45.6 Å². The molecule has 0 bridgehead atoms. The zero-order chi connectivity index (χ0) is 13.9. The van der Waals surface area contributed by atoms with E-state index < -0.39 is 0 Å². The van der Waals surface area contributed by atoms with Crippen LogP contribution < -0.4 is 0 Å². The fourth-order valence-electron chi connectivity index (χ4n) is 1.57. The number of aromatic nitrogens is 1. The number of allylic oxidation sites excluding steroid dienone is 1. The Hall–Kier alpha value is -1.27. The molecule has 0 aliphatic heterocycles. The fraction of sp³-hybridized carbons (Fsp3) is 0. The molecule has 100 valence electrons. The summed E-state index contributed by atoms with van der Waals surface area (Å²) in [6.07, 6.45) is 3.28. The van der Waals surface area contributed by atoms with Gasteiger partial charge in [0, 0.05) is 5.38 Å². The molecule has 20 heavy (non-hydrogen) atoms. The first-order valence-electron chi connectivity index (χ1n) is 5.69. The molecule has 0 spiro atoms. The highest BCUT2D eigenvalue weighted by Gasteiger charge is 2.06. The maximum absolute atomic E-state index is 11.9. The molecule has 0 saturated carbocycles. The van der Waals surface area contributed by atoms with E-state index in [-0.39, 0.29) is 5.78 Å². The van der Waals surface area contributed by atoms with Gasteiger partial charge in [-0.1, -0.05) is 17.7 Å². The number of carbonyl (C=O) groups excluding carboxylic acids is 1. The Kier molecular flexibility index (Phi) is 4.12. The zero-order valence-corrected chi connectivity index (χ0v) is 13.3. The predicted molar refractivity (Wildman–Crippen MR) is 88.1 cm³/mol. The number of carbonyl (C=O) groups is 1. The van der Waals surface area contributed by atoms with Crippen molar-refractivity contribution in [3.63, 3.8) is 0 Å². The van der Waals surface area contributed by atoms with Crippen LogP contribution in [-0.4, -0.2) is 10.8 Å². The van der Waals surface area contributed by atoms with E-state index in [0.717, 1.165) is 15.6 Å². The van der Waals surface area contributed by atoms with Crippen LogP contribution in [0.3, 0.4) is 0 Å². The molecule has 0 unspecified atom stereocenters. The molecular weight excluding hydrogens is 330 g/mol. The zero-order valence-electron chi connectivity index (χ0n) is 10.1. The standard InChI is InChI=1S/C14H8ClNOS3/c15-13-6-5-11(20-13)10(17)4-3-9-8-19-14(16-9)12-2-1-7-18-12/h1-8H/b4-3+. The Morgan fingerprint density at radius 3 is 2.85 bits per heavy atom. The van der Waals surface area contributed by atoms with Crippen molar-refractivity contribution in [2.75, 3.05) is 0 Å². The van der Waals surface area contributed by atoms with Gasteiger partial charge in [-0.2, -0.15) is 0 Å². The van der Waals surface area contributed by atoms with Crippen molar-refractivity contribution in [3.05, 3.63) is 56.0 Å². The maximum atomic E-state index is 11.9. The molecule has 0 aliphatic carbocycles. The second kappa shape index (κ2) is 6.01. The first kappa shape index (κ1) is 13.7. The molecule has 0 amide bonds. The quantitative estimate of drug-likeness (QED) is 0.466. The van der Waals surface area contributed by atoms with E-state index in [0.29, 0.717) is 9.21 Å². The van der Waals surface area contributed by atoms with Crippen LogP contribution in [0.4, 0.5) is 0 Å². The average molecular weight is 338 g/mol. The lowest BCUT2D eigenvalue weighted by molar-refractivity contribution is 0.105. The Morgan fingerprint density at radius 2 is 2.15 bits per heavy atom. The number of hydrogen-bond acceptors (Lipinski definition) is 5. The molecule has 3 aromatic heterocycles. The molecule has 6 heteroatoms. The van der Waals surface area contributed by atoms with Crippen LogP contribution in [0.1, 0.15) is 15.4 Å². The second-order valence-electron chi connectivity index (χ2n) is 3.86. The van der Waals surface area contributed by atoms with Gasteiger partial charge in [-0.15, -0.1) is 34.0 Å². The van der Waals surface area contributed by atoms with Gasteiger partial charge >= 0.3 is 0 Å². The maximum Gasteiger partial charge on any atom is 0.195 e. The van der Waals surface area contributed by atoms with E-state index >= 15 is 0 Å². The van der Waals surface area contributed by atoms with Gasteiger partial charge in [-0.25, -0.2) is 4.98 Å². The summed E-state index contributed by atoms with van der Waals surface area (Å²) in [5.41, 5.74) is 0.800. The lowest BCUT2D eigenvalue weighted by Crippen LogP contribution is -1.88. The smallest absolute Gasteiger partial charge is 0.195 e. The van der Waals surface area contributed by atoms with Gasteiger partial charge in [-0.3, -0.25) is 4.79 Å². The highest BCUT2D eigenvalue weighted by Crippen LogP contribution is 2.28. The Bertz CT molecular complexity index is 755. The molecule has 0 radical (unpaired) electrons. The summed E-state index contributed by atoms with van der Waals surface area (Å²) in [4.78, 5) is 18.2. The summed E-state index contributed by atoms with van der Waals surface area (Å²) >= 11 is 10.3. The van der Waals surface area contributed by atoms with E-state index in [4.69, 9.17) is 11.6 Å². The molecule has 0 fully saturated rings. The number of thiophene rings is 2. The highest BCUT2D eigenvalue weighted by atomic mass is 35.5. The monoisotopic (exact) mass is 337 g/mol. The third kappa shape index (κ3) is 3.07. The van der Waals surface area contributed by atoms with Crippen LogP contribution in [0.15, 0.2) is 41.1 Å². The Balaban J connectivity index is 1.75. The van der Waals surface area contributed by atoms with Gasteiger partial charge in [-0.05, 0) is 35.7 Å². The lowest BCUT2D eigenvalue weighted by Gasteiger charge is -1.88. The van der Waals surface area contributed by atoms with Gasteiger partial charge in [0.2, 0.25) is 0 Å². The Labute approximate surface area is 133 Å². The van der Waals surface area contributed by atoms with Crippen LogP contribution in [0.2, 0.25) is 4.34 Å². The third-order valence-electron chi connectivity index (χ3n) is 2.48. The number of ketones is 1. The normalized spacial score (nSPS) is 11.2. The molecule has 0 N–H and O–H groups in total. The van der Waals surface area contributed by atoms with Gasteiger partial charge < -0.3 is 0 Å². The summed E-state index contributed by atoms with van der Waals surface area (Å²) in [6.45, 7) is 0. The van der Waals surface area contributed by atoms with Crippen molar-refractivity contribution in [2.24, 2.45) is 0 Å². The summed E-state index contributed by atoms with van der Waals surface area (Å²) in [7, 11) is 0. The first-order valence-corrected chi connectivity index (χ1v) is 8.65. The van der Waals surface area contributed by atoms with E-state index in [2.05, 4.69) is 4.98 Å². The van der Waals surface area contributed by atoms with Crippen LogP contribution in [0.5, 0.6) is 0 Å². The molecule has 3 rings (SSSR count). The van der Waals surface area contributed by atoms with E-state index in [1.54, 1.807) is 40.9 Å². The minimum absolute atomic E-state index is 0.0485. The summed E-state index contributed by atoms with van der Waals surface area (Å²) < 4.78 is 0.621. The summed E-state index contributed by atoms with van der Waals surface area (Å²) in [5.74, 6) is -0.0485. The molecule has 3 aromatic rings. The van der Waals surface area contributed by atoms with Crippen molar-refractivity contribution < 1.29 is 4.79 Å². The SMILES string of the molecule is O=C(/C=C/c1csc(-c2cccs2)n1)c1ccc(Cl)s1. The number of thiazole rings is 1. The molecular formula is C14H8ClNOS3. The van der Waals surface area contributed by atoms with Crippen LogP contribution in [-0.2, 0) is 0 Å². The van der Waals surface area contributed by atoms with Gasteiger partial charge in [0.25, 0.3) is 0 Å². The van der Waals surface area contributed by atoms with Gasteiger partial charge in [0.1, 0.15) is 5.01 Å². The molecule has 0 atom stereocenters. The number of rotatable bonds is 4. The summed E-state index contributed by atoms with van der Waals surface area (Å²) in [6, 6.07) is 7.50. The molecule has 0 aromatic carbocycles.